The fourth-order valence-electron chi connectivity index (χ4n) is 3.21. The summed E-state index contributed by atoms with van der Waals surface area (Å²) in [6.07, 6.45) is 1.53. The van der Waals surface area contributed by atoms with Gasteiger partial charge in [-0.1, -0.05) is 18.2 Å². The highest BCUT2D eigenvalue weighted by Crippen LogP contribution is 2.21. The van der Waals surface area contributed by atoms with E-state index in [-0.39, 0.29) is 17.8 Å². The van der Waals surface area contributed by atoms with Crippen molar-refractivity contribution in [1.29, 1.82) is 0 Å². The van der Waals surface area contributed by atoms with Gasteiger partial charge < -0.3 is 9.64 Å². The van der Waals surface area contributed by atoms with Gasteiger partial charge in [0.1, 0.15) is 0 Å². The van der Waals surface area contributed by atoms with Crippen molar-refractivity contribution >= 4 is 17.6 Å². The Morgan fingerprint density at radius 3 is 2.46 bits per heavy atom. The molecule has 5 heteroatoms. The molecule has 1 aromatic rings. The van der Waals surface area contributed by atoms with E-state index in [1.54, 1.807) is 0 Å². The Morgan fingerprint density at radius 1 is 1.21 bits per heavy atom. The van der Waals surface area contributed by atoms with Gasteiger partial charge in [-0.15, -0.1) is 0 Å². The highest BCUT2D eigenvalue weighted by atomic mass is 16.5. The van der Waals surface area contributed by atoms with Crippen LogP contribution in [0.3, 0.4) is 0 Å². The van der Waals surface area contributed by atoms with Crippen molar-refractivity contribution in [2.24, 2.45) is 5.92 Å². The Kier molecular flexibility index (Phi) is 6.79. The average Bonchev–Trinajstić information content (AvgIpc) is 2.58. The summed E-state index contributed by atoms with van der Waals surface area (Å²) >= 11 is 0. The zero-order valence-electron chi connectivity index (χ0n) is 15.0. The second-order valence-corrected chi connectivity index (χ2v) is 6.23. The topological polar surface area (TPSA) is 49.9 Å². The maximum Gasteiger partial charge on any atom is 0.309 e. The predicted octanol–water partition coefficient (Wildman–Crippen LogP) is 2.62. The van der Waals surface area contributed by atoms with E-state index in [1.807, 2.05) is 49.9 Å². The molecule has 0 aliphatic carbocycles. The Bertz CT molecular complexity index is 565. The van der Waals surface area contributed by atoms with Crippen molar-refractivity contribution in [3.63, 3.8) is 0 Å². The number of piperidine rings is 1. The Labute approximate surface area is 144 Å². The number of likely N-dealkylation sites (tertiary alicyclic amines) is 1. The van der Waals surface area contributed by atoms with E-state index >= 15 is 0 Å². The van der Waals surface area contributed by atoms with Gasteiger partial charge in [0.05, 0.1) is 19.1 Å². The molecule has 0 bridgehead atoms. The third kappa shape index (κ3) is 4.57. The monoisotopic (exact) mass is 332 g/mol. The second kappa shape index (κ2) is 8.83. The molecule has 132 valence electrons. The minimum Gasteiger partial charge on any atom is -0.466 e. The number of anilines is 1. The van der Waals surface area contributed by atoms with E-state index in [2.05, 4.69) is 4.90 Å². The van der Waals surface area contributed by atoms with Gasteiger partial charge in [-0.05, 0) is 58.3 Å². The van der Waals surface area contributed by atoms with Crippen molar-refractivity contribution in [3.8, 4) is 0 Å². The summed E-state index contributed by atoms with van der Waals surface area (Å²) in [6.45, 7) is 8.87. The molecule has 1 aliphatic rings. The van der Waals surface area contributed by atoms with Crippen molar-refractivity contribution in [2.75, 3.05) is 37.7 Å². The number of rotatable bonds is 6. The average molecular weight is 332 g/mol. The Morgan fingerprint density at radius 2 is 1.88 bits per heavy atom. The molecular formula is C19H28N2O3. The summed E-state index contributed by atoms with van der Waals surface area (Å²) in [5, 5.41) is 0. The number of benzene rings is 1. The number of ether oxygens (including phenoxy) is 1. The lowest BCUT2D eigenvalue weighted by molar-refractivity contribution is -0.149. The quantitative estimate of drug-likeness (QED) is 0.752. The first-order valence-corrected chi connectivity index (χ1v) is 8.81. The molecule has 1 aliphatic heterocycles. The minimum atomic E-state index is -0.0985. The molecule has 1 heterocycles. The molecule has 0 saturated carbocycles. The van der Waals surface area contributed by atoms with Crippen LogP contribution in [-0.2, 0) is 14.3 Å². The number of carbonyl (C=O) groups excluding carboxylic acids is 2. The van der Waals surface area contributed by atoms with Crippen LogP contribution in [0.5, 0.6) is 0 Å². The highest BCUT2D eigenvalue weighted by molar-refractivity contribution is 5.95. The van der Waals surface area contributed by atoms with Crippen LogP contribution in [0.25, 0.3) is 0 Å². The van der Waals surface area contributed by atoms with Crippen LogP contribution in [-0.4, -0.2) is 49.6 Å². The molecule has 1 saturated heterocycles. The summed E-state index contributed by atoms with van der Waals surface area (Å²) in [7, 11) is 0. The summed E-state index contributed by atoms with van der Waals surface area (Å²) in [5.74, 6) is -0.00472. The van der Waals surface area contributed by atoms with Crippen LogP contribution < -0.4 is 4.90 Å². The van der Waals surface area contributed by atoms with Gasteiger partial charge in [0.2, 0.25) is 5.91 Å². The van der Waals surface area contributed by atoms with E-state index in [9.17, 15) is 9.59 Å². The largest absolute Gasteiger partial charge is 0.466 e. The van der Waals surface area contributed by atoms with Crippen molar-refractivity contribution < 1.29 is 14.3 Å². The summed E-state index contributed by atoms with van der Waals surface area (Å²) < 4.78 is 5.09. The van der Waals surface area contributed by atoms with Gasteiger partial charge in [-0.25, -0.2) is 0 Å². The van der Waals surface area contributed by atoms with Crippen LogP contribution in [0.2, 0.25) is 0 Å². The molecule has 24 heavy (non-hydrogen) atoms. The lowest BCUT2D eigenvalue weighted by atomic mass is 9.97. The molecule has 2 rings (SSSR count). The van der Waals surface area contributed by atoms with Gasteiger partial charge in [0.25, 0.3) is 0 Å². The number of likely N-dealkylation sites (N-methyl/N-ethyl adjacent to an activating group) is 1. The first-order valence-electron chi connectivity index (χ1n) is 8.81. The molecule has 0 spiro atoms. The lowest BCUT2D eigenvalue weighted by Gasteiger charge is -2.32. The molecule has 1 amide bonds. The maximum atomic E-state index is 12.7. The fourth-order valence-corrected chi connectivity index (χ4v) is 3.21. The molecule has 1 aromatic carbocycles. The molecule has 0 aromatic heterocycles. The number of aryl methyl sites for hydroxylation is 1. The number of nitrogens with zero attached hydrogens (tertiary/aromatic N) is 2. The second-order valence-electron chi connectivity index (χ2n) is 6.23. The van der Waals surface area contributed by atoms with Crippen LogP contribution in [0, 0.1) is 12.8 Å². The van der Waals surface area contributed by atoms with E-state index in [1.165, 1.54) is 0 Å². The molecule has 0 unspecified atom stereocenters. The Hall–Kier alpha value is -1.88. The van der Waals surface area contributed by atoms with Gasteiger partial charge in [-0.2, -0.15) is 0 Å². The molecule has 0 atom stereocenters. The Balaban J connectivity index is 1.91. The molecule has 5 nitrogen and oxygen atoms in total. The summed E-state index contributed by atoms with van der Waals surface area (Å²) in [6, 6.07) is 7.96. The van der Waals surface area contributed by atoms with Crippen LogP contribution in [0.1, 0.15) is 32.3 Å². The first kappa shape index (κ1) is 18.5. The maximum absolute atomic E-state index is 12.7. The summed E-state index contributed by atoms with van der Waals surface area (Å²) in [5.41, 5.74) is 2.08. The highest BCUT2D eigenvalue weighted by Gasteiger charge is 2.28. The van der Waals surface area contributed by atoms with Gasteiger partial charge in [0, 0.05) is 12.2 Å². The number of hydrogen-bond acceptors (Lipinski definition) is 4. The normalized spacial score (nSPS) is 16.0. The third-order valence-electron chi connectivity index (χ3n) is 4.59. The first-order chi connectivity index (χ1) is 11.6. The number of para-hydroxylation sites is 1. The fraction of sp³-hybridized carbons (Fsp3) is 0.579. The van der Waals surface area contributed by atoms with E-state index in [0.29, 0.717) is 19.7 Å². The molecule has 1 fully saturated rings. The lowest BCUT2D eigenvalue weighted by Crippen LogP contribution is -2.44. The smallest absolute Gasteiger partial charge is 0.309 e. The van der Waals surface area contributed by atoms with Crippen molar-refractivity contribution in [3.05, 3.63) is 29.8 Å². The number of esters is 1. The zero-order chi connectivity index (χ0) is 17.5. The van der Waals surface area contributed by atoms with Crippen LogP contribution in [0.4, 0.5) is 5.69 Å². The molecule has 0 radical (unpaired) electrons. The number of amides is 1. The van der Waals surface area contributed by atoms with Crippen molar-refractivity contribution in [1.82, 2.24) is 4.90 Å². The standard InChI is InChI=1S/C19H28N2O3/c1-4-21(17-9-7-6-8-15(17)3)18(22)14-20-12-10-16(11-13-20)19(23)24-5-2/h6-9,16H,4-5,10-14H2,1-3H3. The molecule has 0 N–H and O–H groups in total. The number of hydrogen-bond donors (Lipinski definition) is 0. The van der Waals surface area contributed by atoms with Crippen molar-refractivity contribution in [2.45, 2.75) is 33.6 Å². The van der Waals surface area contributed by atoms with Gasteiger partial charge >= 0.3 is 5.97 Å². The number of carbonyl (C=O) groups is 2. The predicted molar refractivity (Wildman–Crippen MR) is 95.0 cm³/mol. The van der Waals surface area contributed by atoms with Crippen LogP contribution in [0.15, 0.2) is 24.3 Å². The van der Waals surface area contributed by atoms with Crippen LogP contribution >= 0.6 is 0 Å². The zero-order valence-corrected chi connectivity index (χ0v) is 15.0. The SMILES string of the molecule is CCOC(=O)C1CCN(CC(=O)N(CC)c2ccccc2C)CC1. The van der Waals surface area contributed by atoms with Gasteiger partial charge in [0.15, 0.2) is 0 Å². The van der Waals surface area contributed by atoms with E-state index in [4.69, 9.17) is 4.74 Å². The van der Waals surface area contributed by atoms with E-state index in [0.717, 1.165) is 37.2 Å². The molecular weight excluding hydrogens is 304 g/mol. The summed E-state index contributed by atoms with van der Waals surface area (Å²) in [4.78, 5) is 28.5. The van der Waals surface area contributed by atoms with Gasteiger partial charge in [-0.3, -0.25) is 14.5 Å². The minimum absolute atomic E-state index is 0.0186. The van der Waals surface area contributed by atoms with E-state index < -0.39 is 0 Å². The third-order valence-corrected chi connectivity index (χ3v) is 4.59.